The lowest BCUT2D eigenvalue weighted by atomic mass is 10.1. The van der Waals surface area contributed by atoms with E-state index in [1.165, 1.54) is 0 Å². The predicted molar refractivity (Wildman–Crippen MR) is 90.1 cm³/mol. The summed E-state index contributed by atoms with van der Waals surface area (Å²) in [5, 5.41) is 5.35. The molecule has 0 unspecified atom stereocenters. The number of anilines is 3. The van der Waals surface area contributed by atoms with Gasteiger partial charge >= 0.3 is 0 Å². The second kappa shape index (κ2) is 5.61. The van der Waals surface area contributed by atoms with E-state index in [0.29, 0.717) is 0 Å². The van der Waals surface area contributed by atoms with E-state index in [4.69, 9.17) is 10.5 Å². The van der Waals surface area contributed by atoms with E-state index in [2.05, 4.69) is 26.2 Å². The Kier molecular flexibility index (Phi) is 3.66. The lowest BCUT2D eigenvalue weighted by Crippen LogP contribution is -1.95. The van der Waals surface area contributed by atoms with Gasteiger partial charge < -0.3 is 15.8 Å². The normalized spacial score (nSPS) is 10.6. The summed E-state index contributed by atoms with van der Waals surface area (Å²) in [5.74, 6) is 0.776. The van der Waals surface area contributed by atoms with Crippen LogP contribution in [0.4, 0.5) is 17.1 Å². The molecule has 0 amide bonds. The molecular weight excluding hydrogens is 330 g/mol. The quantitative estimate of drug-likeness (QED) is 0.694. The van der Waals surface area contributed by atoms with Crippen molar-refractivity contribution in [2.45, 2.75) is 0 Å². The van der Waals surface area contributed by atoms with Crippen LogP contribution in [0.2, 0.25) is 0 Å². The molecule has 5 heteroatoms. The lowest BCUT2D eigenvalue weighted by Gasteiger charge is -2.12. The first-order valence-electron chi connectivity index (χ1n) is 6.42. The summed E-state index contributed by atoms with van der Waals surface area (Å²) in [6, 6.07) is 11.6. The van der Waals surface area contributed by atoms with Crippen molar-refractivity contribution >= 4 is 43.8 Å². The first kappa shape index (κ1) is 13.7. The van der Waals surface area contributed by atoms with Crippen molar-refractivity contribution in [2.75, 3.05) is 18.2 Å². The van der Waals surface area contributed by atoms with Gasteiger partial charge in [0.2, 0.25) is 0 Å². The Morgan fingerprint density at radius 3 is 2.81 bits per heavy atom. The van der Waals surface area contributed by atoms with Crippen LogP contribution in [0, 0.1) is 0 Å². The second-order valence-corrected chi connectivity index (χ2v) is 5.45. The molecule has 0 aliphatic rings. The molecule has 0 saturated heterocycles. The third kappa shape index (κ3) is 2.64. The van der Waals surface area contributed by atoms with Crippen LogP contribution in [-0.2, 0) is 0 Å². The molecule has 3 rings (SSSR count). The van der Waals surface area contributed by atoms with E-state index in [1.807, 2.05) is 42.6 Å². The van der Waals surface area contributed by atoms with Crippen molar-refractivity contribution in [2.24, 2.45) is 0 Å². The van der Waals surface area contributed by atoms with Gasteiger partial charge in [0.05, 0.1) is 11.6 Å². The Bertz CT molecular complexity index is 805. The molecule has 0 fully saturated rings. The molecular formula is C16H14BrN3O. The number of hydrogen-bond acceptors (Lipinski definition) is 4. The van der Waals surface area contributed by atoms with Crippen LogP contribution >= 0.6 is 15.9 Å². The average molecular weight is 344 g/mol. The summed E-state index contributed by atoms with van der Waals surface area (Å²) in [6.45, 7) is 0. The summed E-state index contributed by atoms with van der Waals surface area (Å²) in [4.78, 5) is 4.18. The van der Waals surface area contributed by atoms with Crippen LogP contribution in [0.1, 0.15) is 0 Å². The SMILES string of the molecule is COc1cc(Nc2ccc(N)c3ccncc23)ccc1Br. The number of ether oxygens (including phenoxy) is 1. The number of rotatable bonds is 3. The van der Waals surface area contributed by atoms with Crippen LogP contribution in [-0.4, -0.2) is 12.1 Å². The molecule has 3 N–H and O–H groups in total. The van der Waals surface area contributed by atoms with Gasteiger partial charge in [-0.3, -0.25) is 4.98 Å². The molecule has 21 heavy (non-hydrogen) atoms. The van der Waals surface area contributed by atoms with E-state index < -0.39 is 0 Å². The van der Waals surface area contributed by atoms with Crippen LogP contribution in [0.5, 0.6) is 5.75 Å². The van der Waals surface area contributed by atoms with Gasteiger partial charge in [-0.25, -0.2) is 0 Å². The van der Waals surface area contributed by atoms with Crippen molar-refractivity contribution in [1.29, 1.82) is 0 Å². The summed E-state index contributed by atoms with van der Waals surface area (Å²) < 4.78 is 6.23. The topological polar surface area (TPSA) is 60.2 Å². The smallest absolute Gasteiger partial charge is 0.135 e. The lowest BCUT2D eigenvalue weighted by molar-refractivity contribution is 0.412. The number of halogens is 1. The molecule has 4 nitrogen and oxygen atoms in total. The number of nitrogen functional groups attached to an aromatic ring is 1. The third-order valence-corrected chi connectivity index (χ3v) is 3.94. The fraction of sp³-hybridized carbons (Fsp3) is 0.0625. The zero-order valence-corrected chi connectivity index (χ0v) is 13.0. The number of benzene rings is 2. The van der Waals surface area contributed by atoms with Gasteiger partial charge in [-0.05, 0) is 46.3 Å². The number of aromatic nitrogens is 1. The Hall–Kier alpha value is -2.27. The maximum atomic E-state index is 6.00. The van der Waals surface area contributed by atoms with Crippen molar-refractivity contribution in [3.8, 4) is 5.75 Å². The van der Waals surface area contributed by atoms with Gasteiger partial charge in [0, 0.05) is 46.3 Å². The second-order valence-electron chi connectivity index (χ2n) is 4.60. The minimum Gasteiger partial charge on any atom is -0.495 e. The van der Waals surface area contributed by atoms with Crippen LogP contribution in [0.15, 0.2) is 53.3 Å². The minimum absolute atomic E-state index is 0.742. The molecule has 0 bridgehead atoms. The van der Waals surface area contributed by atoms with Gasteiger partial charge in [0.15, 0.2) is 0 Å². The zero-order chi connectivity index (χ0) is 14.8. The Labute approximate surface area is 131 Å². The molecule has 0 spiro atoms. The molecule has 0 radical (unpaired) electrons. The van der Waals surface area contributed by atoms with Crippen molar-refractivity contribution < 1.29 is 4.74 Å². The van der Waals surface area contributed by atoms with Gasteiger partial charge in [-0.15, -0.1) is 0 Å². The first-order chi connectivity index (χ1) is 10.2. The molecule has 0 aliphatic heterocycles. The predicted octanol–water partition coefficient (Wildman–Crippen LogP) is 4.33. The number of hydrogen-bond donors (Lipinski definition) is 2. The fourth-order valence-electron chi connectivity index (χ4n) is 2.22. The van der Waals surface area contributed by atoms with Gasteiger partial charge in [0.1, 0.15) is 5.75 Å². The van der Waals surface area contributed by atoms with E-state index in [9.17, 15) is 0 Å². The molecule has 0 aliphatic carbocycles. The van der Waals surface area contributed by atoms with Gasteiger partial charge in [-0.1, -0.05) is 0 Å². The largest absolute Gasteiger partial charge is 0.495 e. The molecule has 0 atom stereocenters. The van der Waals surface area contributed by atoms with Crippen LogP contribution < -0.4 is 15.8 Å². The molecule has 3 aromatic rings. The van der Waals surface area contributed by atoms with E-state index in [-0.39, 0.29) is 0 Å². The highest BCUT2D eigenvalue weighted by Gasteiger charge is 2.06. The van der Waals surface area contributed by atoms with E-state index >= 15 is 0 Å². The molecule has 1 aromatic heterocycles. The highest BCUT2D eigenvalue weighted by Crippen LogP contribution is 2.33. The minimum atomic E-state index is 0.742. The first-order valence-corrected chi connectivity index (χ1v) is 7.21. The summed E-state index contributed by atoms with van der Waals surface area (Å²) in [7, 11) is 1.65. The van der Waals surface area contributed by atoms with Gasteiger partial charge in [-0.2, -0.15) is 0 Å². The number of nitrogens with zero attached hydrogens (tertiary/aromatic N) is 1. The number of fused-ring (bicyclic) bond motifs is 1. The summed E-state index contributed by atoms with van der Waals surface area (Å²) in [6.07, 6.45) is 3.55. The molecule has 2 aromatic carbocycles. The monoisotopic (exact) mass is 343 g/mol. The standard InChI is InChI=1S/C16H14BrN3O/c1-21-16-8-10(2-3-13(16)17)20-15-5-4-14(18)11-6-7-19-9-12(11)15/h2-9,20H,18H2,1H3. The van der Waals surface area contributed by atoms with Gasteiger partial charge in [0.25, 0.3) is 0 Å². The maximum absolute atomic E-state index is 6.00. The molecule has 106 valence electrons. The molecule has 0 saturated carbocycles. The Morgan fingerprint density at radius 2 is 2.00 bits per heavy atom. The highest BCUT2D eigenvalue weighted by molar-refractivity contribution is 9.10. The van der Waals surface area contributed by atoms with E-state index in [0.717, 1.165) is 38.1 Å². The highest BCUT2D eigenvalue weighted by atomic mass is 79.9. The average Bonchev–Trinajstić information content (AvgIpc) is 2.52. The zero-order valence-electron chi connectivity index (χ0n) is 11.4. The number of pyridine rings is 1. The van der Waals surface area contributed by atoms with Crippen LogP contribution in [0.3, 0.4) is 0 Å². The van der Waals surface area contributed by atoms with Crippen LogP contribution in [0.25, 0.3) is 10.8 Å². The van der Waals surface area contributed by atoms with E-state index in [1.54, 1.807) is 13.3 Å². The summed E-state index contributed by atoms with van der Waals surface area (Å²) in [5.41, 5.74) is 8.63. The molecule has 1 heterocycles. The Morgan fingerprint density at radius 1 is 1.14 bits per heavy atom. The fourth-order valence-corrected chi connectivity index (χ4v) is 2.62. The maximum Gasteiger partial charge on any atom is 0.135 e. The number of methoxy groups -OCH3 is 1. The third-order valence-electron chi connectivity index (χ3n) is 3.28. The Balaban J connectivity index is 2.04. The number of nitrogens with two attached hydrogens (primary N) is 1. The van der Waals surface area contributed by atoms with Crippen molar-refractivity contribution in [3.05, 3.63) is 53.3 Å². The summed E-state index contributed by atoms with van der Waals surface area (Å²) >= 11 is 3.45. The van der Waals surface area contributed by atoms with Crippen molar-refractivity contribution in [3.63, 3.8) is 0 Å². The number of nitrogens with one attached hydrogen (secondary N) is 1. The van der Waals surface area contributed by atoms with Crippen molar-refractivity contribution in [1.82, 2.24) is 4.98 Å².